The van der Waals surface area contributed by atoms with E-state index in [9.17, 15) is 9.59 Å². The number of rotatable bonds is 5. The Labute approximate surface area is 151 Å². The molecular weight excluding hydrogens is 340 g/mol. The summed E-state index contributed by atoms with van der Waals surface area (Å²) >= 11 is 5.98. The van der Waals surface area contributed by atoms with E-state index in [1.54, 1.807) is 36.4 Å². The Hall–Kier alpha value is -2.37. The molecule has 2 aromatic carbocycles. The fraction of sp³-hybridized carbons (Fsp3) is 0.263. The number of Topliss-reactive ketones (excluding diaryl/α,β-unsaturated/α-hetero) is 1. The molecule has 5 nitrogen and oxygen atoms in total. The van der Waals surface area contributed by atoms with E-state index in [1.165, 1.54) is 0 Å². The highest BCUT2D eigenvalue weighted by Crippen LogP contribution is 2.17. The second-order valence-corrected chi connectivity index (χ2v) is 6.14. The van der Waals surface area contributed by atoms with Gasteiger partial charge in [0.25, 0.3) is 5.91 Å². The maximum absolute atomic E-state index is 12.3. The van der Waals surface area contributed by atoms with Crippen LogP contribution in [0, 0.1) is 0 Å². The number of carbonyl (C=O) groups excluding carboxylic acids is 2. The molecule has 130 valence electrons. The average molecular weight is 359 g/mol. The Kier molecular flexibility index (Phi) is 5.68. The van der Waals surface area contributed by atoms with E-state index in [1.807, 2.05) is 12.1 Å². The van der Waals surface area contributed by atoms with Gasteiger partial charge in [0, 0.05) is 24.3 Å². The number of ether oxygens (including phenoxy) is 1. The quantitative estimate of drug-likeness (QED) is 0.835. The third kappa shape index (κ3) is 4.38. The van der Waals surface area contributed by atoms with Gasteiger partial charge in [-0.05, 0) is 36.4 Å². The number of carbonyl (C=O) groups is 2. The molecule has 1 amide bonds. The number of hydrogen-bond donors (Lipinski definition) is 1. The molecule has 0 aromatic heterocycles. The lowest BCUT2D eigenvalue weighted by Gasteiger charge is -2.28. The van der Waals surface area contributed by atoms with Gasteiger partial charge >= 0.3 is 0 Å². The van der Waals surface area contributed by atoms with Gasteiger partial charge in [-0.2, -0.15) is 0 Å². The summed E-state index contributed by atoms with van der Waals surface area (Å²) in [6.45, 7) is 3.06. The van der Waals surface area contributed by atoms with E-state index in [-0.39, 0.29) is 18.2 Å². The van der Waals surface area contributed by atoms with E-state index < -0.39 is 0 Å². The van der Waals surface area contributed by atoms with E-state index in [0.717, 1.165) is 32.0 Å². The van der Waals surface area contributed by atoms with Gasteiger partial charge in [0.2, 0.25) is 0 Å². The summed E-state index contributed by atoms with van der Waals surface area (Å²) in [5, 5.41) is 2.98. The summed E-state index contributed by atoms with van der Waals surface area (Å²) < 4.78 is 5.34. The molecule has 0 radical (unpaired) electrons. The summed E-state index contributed by atoms with van der Waals surface area (Å²) in [7, 11) is 0. The molecule has 1 aliphatic rings. The normalized spacial score (nSPS) is 14.2. The Morgan fingerprint density at radius 3 is 2.40 bits per heavy atom. The molecule has 0 bridgehead atoms. The van der Waals surface area contributed by atoms with Crippen molar-refractivity contribution in [2.75, 3.05) is 37.7 Å². The molecule has 0 saturated carbocycles. The van der Waals surface area contributed by atoms with Gasteiger partial charge in [-0.3, -0.25) is 9.59 Å². The van der Waals surface area contributed by atoms with Gasteiger partial charge in [0.05, 0.1) is 30.3 Å². The molecule has 6 heteroatoms. The zero-order chi connectivity index (χ0) is 17.6. The van der Waals surface area contributed by atoms with Crippen molar-refractivity contribution in [3.8, 4) is 0 Å². The van der Waals surface area contributed by atoms with Crippen molar-refractivity contribution in [3.63, 3.8) is 0 Å². The number of ketones is 1. The number of nitrogens with one attached hydrogen (secondary N) is 1. The summed E-state index contributed by atoms with van der Waals surface area (Å²) in [5.74, 6) is -0.502. The molecule has 1 aliphatic heterocycles. The van der Waals surface area contributed by atoms with E-state index >= 15 is 0 Å². The van der Waals surface area contributed by atoms with Crippen LogP contribution in [0.25, 0.3) is 0 Å². The third-order valence-electron chi connectivity index (χ3n) is 4.09. The summed E-state index contributed by atoms with van der Waals surface area (Å²) in [6, 6.07) is 14.2. The molecule has 3 rings (SSSR count). The van der Waals surface area contributed by atoms with Crippen molar-refractivity contribution < 1.29 is 14.3 Å². The van der Waals surface area contributed by atoms with Crippen LogP contribution >= 0.6 is 11.6 Å². The van der Waals surface area contributed by atoms with Crippen LogP contribution in [0.5, 0.6) is 0 Å². The number of hydrogen-bond acceptors (Lipinski definition) is 4. The van der Waals surface area contributed by atoms with Crippen molar-refractivity contribution in [2.24, 2.45) is 0 Å². The predicted molar refractivity (Wildman–Crippen MR) is 97.6 cm³/mol. The fourth-order valence-electron chi connectivity index (χ4n) is 2.68. The third-order valence-corrected chi connectivity index (χ3v) is 4.42. The largest absolute Gasteiger partial charge is 0.378 e. The number of nitrogens with zero attached hydrogens (tertiary/aromatic N) is 1. The number of morpholine rings is 1. The highest BCUT2D eigenvalue weighted by Gasteiger charge is 2.14. The first kappa shape index (κ1) is 17.5. The number of anilines is 1. The van der Waals surface area contributed by atoms with Crippen LogP contribution in [-0.2, 0) is 4.74 Å². The van der Waals surface area contributed by atoms with Gasteiger partial charge in [0.1, 0.15) is 0 Å². The van der Waals surface area contributed by atoms with Gasteiger partial charge in [0.15, 0.2) is 5.78 Å². The zero-order valence-electron chi connectivity index (χ0n) is 13.7. The van der Waals surface area contributed by atoms with Crippen molar-refractivity contribution in [3.05, 3.63) is 64.7 Å². The molecule has 0 unspecified atom stereocenters. The maximum Gasteiger partial charge on any atom is 0.253 e. The van der Waals surface area contributed by atoms with Gasteiger partial charge in [-0.25, -0.2) is 0 Å². The van der Waals surface area contributed by atoms with E-state index in [2.05, 4.69) is 10.2 Å². The number of halogens is 1. The molecule has 1 N–H and O–H groups in total. The highest BCUT2D eigenvalue weighted by molar-refractivity contribution is 6.33. The first-order valence-corrected chi connectivity index (χ1v) is 8.51. The van der Waals surface area contributed by atoms with E-state index in [0.29, 0.717) is 16.1 Å². The number of benzene rings is 2. The van der Waals surface area contributed by atoms with Crippen LogP contribution in [0.3, 0.4) is 0 Å². The van der Waals surface area contributed by atoms with E-state index in [4.69, 9.17) is 16.3 Å². The lowest BCUT2D eigenvalue weighted by Crippen LogP contribution is -2.36. The minimum atomic E-state index is -0.358. The first-order valence-electron chi connectivity index (χ1n) is 8.14. The molecule has 0 atom stereocenters. The fourth-order valence-corrected chi connectivity index (χ4v) is 2.90. The Morgan fingerprint density at radius 1 is 1.04 bits per heavy atom. The van der Waals surface area contributed by atoms with Crippen LogP contribution in [0.1, 0.15) is 20.7 Å². The Balaban J connectivity index is 1.58. The summed E-state index contributed by atoms with van der Waals surface area (Å²) in [6.07, 6.45) is 0. The second kappa shape index (κ2) is 8.14. The molecular formula is C19H19ClN2O3. The van der Waals surface area contributed by atoms with Gasteiger partial charge in [-0.15, -0.1) is 0 Å². The Morgan fingerprint density at radius 2 is 1.72 bits per heavy atom. The monoisotopic (exact) mass is 358 g/mol. The van der Waals surface area contributed by atoms with Crippen LogP contribution in [0.15, 0.2) is 48.5 Å². The Bertz CT molecular complexity index is 756. The van der Waals surface area contributed by atoms with Crippen molar-refractivity contribution in [1.29, 1.82) is 0 Å². The molecule has 1 heterocycles. The molecule has 1 saturated heterocycles. The first-order chi connectivity index (χ1) is 12.1. The lowest BCUT2D eigenvalue weighted by atomic mass is 10.1. The molecule has 0 spiro atoms. The second-order valence-electron chi connectivity index (χ2n) is 5.73. The van der Waals surface area contributed by atoms with Crippen molar-refractivity contribution in [1.82, 2.24) is 5.32 Å². The molecule has 2 aromatic rings. The van der Waals surface area contributed by atoms with Crippen molar-refractivity contribution >= 4 is 29.0 Å². The standard InChI is InChI=1S/C19H19ClN2O3/c20-17-4-2-1-3-16(17)19(24)21-13-18(23)14-5-7-15(8-6-14)22-9-11-25-12-10-22/h1-8H,9-13H2,(H,21,24). The van der Waals surface area contributed by atoms with Crippen LogP contribution in [0.4, 0.5) is 5.69 Å². The molecule has 0 aliphatic carbocycles. The minimum Gasteiger partial charge on any atom is -0.378 e. The van der Waals surface area contributed by atoms with Crippen LogP contribution < -0.4 is 10.2 Å². The smallest absolute Gasteiger partial charge is 0.253 e. The van der Waals surface area contributed by atoms with Gasteiger partial charge in [-0.1, -0.05) is 23.7 Å². The minimum absolute atomic E-state index is 0.0685. The average Bonchev–Trinajstić information content (AvgIpc) is 2.67. The number of amides is 1. The molecule has 1 fully saturated rings. The topological polar surface area (TPSA) is 58.6 Å². The lowest BCUT2D eigenvalue weighted by molar-refractivity contribution is 0.0904. The van der Waals surface area contributed by atoms with Gasteiger partial charge < -0.3 is 15.0 Å². The zero-order valence-corrected chi connectivity index (χ0v) is 14.5. The highest BCUT2D eigenvalue weighted by atomic mass is 35.5. The summed E-state index contributed by atoms with van der Waals surface area (Å²) in [4.78, 5) is 26.6. The predicted octanol–water partition coefficient (Wildman–Crippen LogP) is 2.79. The van der Waals surface area contributed by atoms with Crippen LogP contribution in [0.2, 0.25) is 5.02 Å². The molecule has 25 heavy (non-hydrogen) atoms. The van der Waals surface area contributed by atoms with Crippen molar-refractivity contribution in [2.45, 2.75) is 0 Å². The maximum atomic E-state index is 12.3. The van der Waals surface area contributed by atoms with Crippen LogP contribution in [-0.4, -0.2) is 44.5 Å². The SMILES string of the molecule is O=C(CNC(=O)c1ccccc1Cl)c1ccc(N2CCOCC2)cc1. The summed E-state index contributed by atoms with van der Waals surface area (Å²) in [5.41, 5.74) is 2.00.